The number of aromatic amines is 1. The number of pyridine rings is 1. The highest BCUT2D eigenvalue weighted by atomic mass is 35.5. The van der Waals surface area contributed by atoms with Gasteiger partial charge in [0.1, 0.15) is 5.82 Å². The summed E-state index contributed by atoms with van der Waals surface area (Å²) in [4.78, 5) is 17.1. The Morgan fingerprint density at radius 3 is 2.35 bits per heavy atom. The molecule has 6 heteroatoms. The molecule has 0 bridgehead atoms. The molecule has 0 unspecified atom stereocenters. The number of benzene rings is 2. The Balaban J connectivity index is 2.01. The molecule has 2 heterocycles. The minimum absolute atomic E-state index is 0.244. The summed E-state index contributed by atoms with van der Waals surface area (Å²) >= 11 is 5.93. The number of halogens is 2. The van der Waals surface area contributed by atoms with Crippen LogP contribution in [0.4, 0.5) is 4.39 Å². The first-order valence-electron chi connectivity index (χ1n) is 7.91. The molecule has 2 aromatic heterocycles. The summed E-state index contributed by atoms with van der Waals surface area (Å²) in [7, 11) is 0. The zero-order valence-corrected chi connectivity index (χ0v) is 14.2. The van der Waals surface area contributed by atoms with Crippen LogP contribution in [0.25, 0.3) is 28.1 Å². The summed E-state index contributed by atoms with van der Waals surface area (Å²) in [6, 6.07) is 16.6. The molecule has 0 saturated heterocycles. The van der Waals surface area contributed by atoms with Crippen molar-refractivity contribution >= 4 is 11.6 Å². The molecule has 0 atom stereocenters. The highest BCUT2D eigenvalue weighted by Gasteiger charge is 2.20. The average molecular weight is 366 g/mol. The van der Waals surface area contributed by atoms with Gasteiger partial charge in [-0.3, -0.25) is 14.9 Å². The maximum atomic E-state index is 14.4. The molecule has 0 saturated carbocycles. The van der Waals surface area contributed by atoms with E-state index in [1.165, 1.54) is 10.7 Å². The van der Waals surface area contributed by atoms with Gasteiger partial charge in [-0.25, -0.2) is 9.07 Å². The third kappa shape index (κ3) is 2.82. The van der Waals surface area contributed by atoms with Crippen LogP contribution in [-0.2, 0) is 0 Å². The molecular formula is C20H13ClFN3O. The summed E-state index contributed by atoms with van der Waals surface area (Å²) in [6.45, 7) is 0. The van der Waals surface area contributed by atoms with Crippen molar-refractivity contribution in [3.05, 3.63) is 94.3 Å². The number of hydrogen-bond acceptors (Lipinski definition) is 2. The van der Waals surface area contributed by atoms with E-state index in [2.05, 4.69) is 10.1 Å². The minimum Gasteiger partial charge on any atom is -0.290 e. The molecule has 0 amide bonds. The number of nitrogens with one attached hydrogen (secondary N) is 1. The molecule has 0 aliphatic rings. The summed E-state index contributed by atoms with van der Waals surface area (Å²) < 4.78 is 15.8. The number of rotatable bonds is 3. The fourth-order valence-electron chi connectivity index (χ4n) is 2.85. The second-order valence-electron chi connectivity index (χ2n) is 5.69. The standard InChI is InChI=1S/C20H13ClFN3O/c21-14-5-7-15(8-6-14)25-20(26)18(16-3-1-2-4-17(16)22)19(24-25)13-9-11-23-12-10-13/h1-12,24H. The number of aromatic nitrogens is 3. The van der Waals surface area contributed by atoms with Gasteiger partial charge in [0.15, 0.2) is 0 Å². The van der Waals surface area contributed by atoms with Gasteiger partial charge >= 0.3 is 0 Å². The van der Waals surface area contributed by atoms with Gasteiger partial charge in [0.05, 0.1) is 16.9 Å². The molecule has 26 heavy (non-hydrogen) atoms. The fraction of sp³-hybridized carbons (Fsp3) is 0. The zero-order valence-electron chi connectivity index (χ0n) is 13.5. The van der Waals surface area contributed by atoms with E-state index in [0.717, 1.165) is 5.56 Å². The van der Waals surface area contributed by atoms with E-state index < -0.39 is 5.82 Å². The van der Waals surface area contributed by atoms with Crippen LogP contribution in [0.15, 0.2) is 77.9 Å². The van der Waals surface area contributed by atoms with Crippen molar-refractivity contribution in [2.45, 2.75) is 0 Å². The first-order valence-corrected chi connectivity index (χ1v) is 8.29. The molecule has 128 valence electrons. The lowest BCUT2D eigenvalue weighted by Crippen LogP contribution is -2.15. The van der Waals surface area contributed by atoms with Gasteiger partial charge in [0.25, 0.3) is 5.56 Å². The quantitative estimate of drug-likeness (QED) is 0.572. The van der Waals surface area contributed by atoms with E-state index in [4.69, 9.17) is 11.6 Å². The maximum absolute atomic E-state index is 14.4. The summed E-state index contributed by atoms with van der Waals surface area (Å²) in [5, 5.41) is 3.66. The lowest BCUT2D eigenvalue weighted by atomic mass is 10.0. The van der Waals surface area contributed by atoms with Crippen LogP contribution < -0.4 is 5.56 Å². The highest BCUT2D eigenvalue weighted by Crippen LogP contribution is 2.30. The smallest absolute Gasteiger partial charge is 0.279 e. The highest BCUT2D eigenvalue weighted by molar-refractivity contribution is 6.30. The second-order valence-corrected chi connectivity index (χ2v) is 6.13. The van der Waals surface area contributed by atoms with Gasteiger partial charge in [-0.1, -0.05) is 29.8 Å². The Bertz CT molecular complexity index is 1120. The van der Waals surface area contributed by atoms with Crippen molar-refractivity contribution in [3.8, 4) is 28.1 Å². The maximum Gasteiger partial charge on any atom is 0.279 e. The molecule has 2 aromatic carbocycles. The molecule has 0 spiro atoms. The molecule has 4 aromatic rings. The first kappa shape index (κ1) is 16.3. The van der Waals surface area contributed by atoms with Gasteiger partial charge in [0, 0.05) is 28.5 Å². The second kappa shape index (κ2) is 6.61. The molecule has 0 radical (unpaired) electrons. The van der Waals surface area contributed by atoms with Crippen LogP contribution in [0.5, 0.6) is 0 Å². The lowest BCUT2D eigenvalue weighted by molar-refractivity contribution is 0.631. The number of H-pyrrole nitrogens is 1. The number of hydrogen-bond donors (Lipinski definition) is 1. The van der Waals surface area contributed by atoms with Gasteiger partial charge in [0.2, 0.25) is 0 Å². The predicted octanol–water partition coefficient (Wildman–Crippen LogP) is 4.69. The monoisotopic (exact) mass is 365 g/mol. The lowest BCUT2D eigenvalue weighted by Gasteiger charge is -2.03. The largest absolute Gasteiger partial charge is 0.290 e. The van der Waals surface area contributed by atoms with Gasteiger partial charge < -0.3 is 0 Å². The SMILES string of the molecule is O=c1c(-c2ccccc2F)c(-c2ccncc2)[nH]n1-c1ccc(Cl)cc1. The Hall–Kier alpha value is -3.18. The van der Waals surface area contributed by atoms with E-state index in [0.29, 0.717) is 16.4 Å². The Kier molecular flexibility index (Phi) is 4.14. The van der Waals surface area contributed by atoms with Crippen LogP contribution in [0, 0.1) is 5.82 Å². The number of nitrogens with zero attached hydrogens (tertiary/aromatic N) is 2. The van der Waals surface area contributed by atoms with Crippen molar-refractivity contribution in [3.63, 3.8) is 0 Å². The molecule has 1 N–H and O–H groups in total. The van der Waals surface area contributed by atoms with Crippen molar-refractivity contribution in [2.75, 3.05) is 0 Å². The van der Waals surface area contributed by atoms with Crippen LogP contribution in [0.3, 0.4) is 0 Å². The van der Waals surface area contributed by atoms with E-state index in [1.54, 1.807) is 67.0 Å². The third-order valence-corrected chi connectivity index (χ3v) is 4.34. The molecule has 0 aliphatic heterocycles. The Labute approximate surface area is 153 Å². The van der Waals surface area contributed by atoms with Crippen LogP contribution in [-0.4, -0.2) is 14.8 Å². The average Bonchev–Trinajstić information content (AvgIpc) is 3.01. The summed E-state index contributed by atoms with van der Waals surface area (Å²) in [5.74, 6) is -0.456. The van der Waals surface area contributed by atoms with E-state index >= 15 is 0 Å². The van der Waals surface area contributed by atoms with Crippen molar-refractivity contribution in [1.29, 1.82) is 0 Å². The van der Waals surface area contributed by atoms with E-state index in [9.17, 15) is 9.18 Å². The minimum atomic E-state index is -0.456. The first-order chi connectivity index (χ1) is 12.6. The normalized spacial score (nSPS) is 10.8. The molecule has 0 aliphatic carbocycles. The van der Waals surface area contributed by atoms with Gasteiger partial charge in [-0.2, -0.15) is 0 Å². The molecule has 0 fully saturated rings. The molecular weight excluding hydrogens is 353 g/mol. The predicted molar refractivity (Wildman–Crippen MR) is 100 cm³/mol. The van der Waals surface area contributed by atoms with Crippen molar-refractivity contribution in [2.24, 2.45) is 0 Å². The zero-order chi connectivity index (χ0) is 18.1. The summed E-state index contributed by atoms with van der Waals surface area (Å²) in [5.41, 5.74) is 2.04. The van der Waals surface area contributed by atoms with Crippen LogP contribution in [0.2, 0.25) is 5.02 Å². The summed E-state index contributed by atoms with van der Waals surface area (Å²) in [6.07, 6.45) is 3.25. The topological polar surface area (TPSA) is 50.7 Å². The third-order valence-electron chi connectivity index (χ3n) is 4.09. The van der Waals surface area contributed by atoms with Crippen LogP contribution in [0.1, 0.15) is 0 Å². The fourth-order valence-corrected chi connectivity index (χ4v) is 2.98. The van der Waals surface area contributed by atoms with Gasteiger partial charge in [-0.15, -0.1) is 0 Å². The van der Waals surface area contributed by atoms with Gasteiger partial charge in [-0.05, 0) is 42.5 Å². The van der Waals surface area contributed by atoms with Crippen molar-refractivity contribution < 1.29 is 4.39 Å². The van der Waals surface area contributed by atoms with E-state index in [-0.39, 0.29) is 16.7 Å². The Morgan fingerprint density at radius 2 is 1.65 bits per heavy atom. The van der Waals surface area contributed by atoms with Crippen LogP contribution >= 0.6 is 11.6 Å². The Morgan fingerprint density at radius 1 is 0.962 bits per heavy atom. The molecule has 4 rings (SSSR count). The van der Waals surface area contributed by atoms with E-state index in [1.807, 2.05) is 0 Å². The molecule has 4 nitrogen and oxygen atoms in total. The van der Waals surface area contributed by atoms with Crippen molar-refractivity contribution in [1.82, 2.24) is 14.8 Å².